The van der Waals surface area contributed by atoms with E-state index in [0.29, 0.717) is 5.69 Å². The van der Waals surface area contributed by atoms with Crippen LogP contribution in [0.3, 0.4) is 0 Å². The zero-order valence-electron chi connectivity index (χ0n) is 7.09. The summed E-state index contributed by atoms with van der Waals surface area (Å²) >= 11 is 0. The Bertz CT molecular complexity index is 283. The van der Waals surface area contributed by atoms with Gasteiger partial charge in [0.25, 0.3) is 0 Å². The Morgan fingerprint density at radius 1 is 1.67 bits per heavy atom. The fourth-order valence-electron chi connectivity index (χ4n) is 0.760. The molecule has 0 fully saturated rings. The van der Waals surface area contributed by atoms with Gasteiger partial charge in [-0.15, -0.1) is 0 Å². The van der Waals surface area contributed by atoms with Gasteiger partial charge in [0.1, 0.15) is 0 Å². The van der Waals surface area contributed by atoms with E-state index < -0.39 is 0 Å². The standard InChI is InChI=1S/C8H11N3O/c1-6(2)3-8(12)11-7-4-9-10-5-7/h3-5H,1-2H3,(H,9,10)(H,11,12). The Hall–Kier alpha value is -1.58. The molecule has 0 bridgehead atoms. The lowest BCUT2D eigenvalue weighted by atomic mass is 10.3. The quantitative estimate of drug-likeness (QED) is 0.649. The molecule has 0 saturated carbocycles. The lowest BCUT2D eigenvalue weighted by molar-refractivity contribution is -0.111. The maximum absolute atomic E-state index is 11.1. The Labute approximate surface area is 70.7 Å². The molecule has 12 heavy (non-hydrogen) atoms. The Morgan fingerprint density at radius 2 is 2.42 bits per heavy atom. The van der Waals surface area contributed by atoms with Crippen LogP contribution in [0.1, 0.15) is 13.8 Å². The summed E-state index contributed by atoms with van der Waals surface area (Å²) in [5.41, 5.74) is 1.65. The van der Waals surface area contributed by atoms with Crippen LogP contribution in [0.2, 0.25) is 0 Å². The summed E-state index contributed by atoms with van der Waals surface area (Å²) in [7, 11) is 0. The number of anilines is 1. The number of carbonyl (C=O) groups excluding carboxylic acids is 1. The molecule has 4 nitrogen and oxygen atoms in total. The third-order valence-electron chi connectivity index (χ3n) is 1.19. The minimum Gasteiger partial charge on any atom is -0.320 e. The fraction of sp³-hybridized carbons (Fsp3) is 0.250. The lowest BCUT2D eigenvalue weighted by Gasteiger charge is -1.96. The van der Waals surface area contributed by atoms with E-state index in [0.717, 1.165) is 5.57 Å². The summed E-state index contributed by atoms with van der Waals surface area (Å²) < 4.78 is 0. The number of nitrogens with one attached hydrogen (secondary N) is 2. The summed E-state index contributed by atoms with van der Waals surface area (Å²) in [6, 6.07) is 0. The fourth-order valence-corrected chi connectivity index (χ4v) is 0.760. The molecule has 4 heteroatoms. The van der Waals surface area contributed by atoms with Crippen molar-refractivity contribution in [2.24, 2.45) is 0 Å². The molecule has 0 unspecified atom stereocenters. The van der Waals surface area contributed by atoms with Crippen molar-refractivity contribution >= 4 is 11.6 Å². The number of allylic oxidation sites excluding steroid dienone is 1. The van der Waals surface area contributed by atoms with Gasteiger partial charge in [-0.1, -0.05) is 5.57 Å². The van der Waals surface area contributed by atoms with E-state index in [4.69, 9.17) is 0 Å². The van der Waals surface area contributed by atoms with Gasteiger partial charge in [-0.3, -0.25) is 9.89 Å². The molecular formula is C8H11N3O. The molecule has 1 amide bonds. The molecule has 0 radical (unpaired) electrons. The number of aromatic amines is 1. The zero-order valence-corrected chi connectivity index (χ0v) is 7.09. The van der Waals surface area contributed by atoms with Crippen LogP contribution in [0, 0.1) is 0 Å². The van der Waals surface area contributed by atoms with Gasteiger partial charge in [0.05, 0.1) is 11.9 Å². The minimum absolute atomic E-state index is 0.128. The summed E-state index contributed by atoms with van der Waals surface area (Å²) in [6.07, 6.45) is 4.71. The Morgan fingerprint density at radius 3 is 2.92 bits per heavy atom. The van der Waals surface area contributed by atoms with Gasteiger partial charge in [0.15, 0.2) is 0 Å². The number of aromatic nitrogens is 2. The molecule has 1 aromatic rings. The molecule has 1 heterocycles. The van der Waals surface area contributed by atoms with E-state index in [1.165, 1.54) is 6.08 Å². The van der Waals surface area contributed by atoms with E-state index in [-0.39, 0.29) is 5.91 Å². The molecule has 1 rings (SSSR count). The molecule has 0 aliphatic carbocycles. The van der Waals surface area contributed by atoms with Gasteiger partial charge >= 0.3 is 0 Å². The average molecular weight is 165 g/mol. The Kier molecular flexibility index (Phi) is 2.63. The van der Waals surface area contributed by atoms with Gasteiger partial charge < -0.3 is 5.32 Å². The zero-order chi connectivity index (χ0) is 8.97. The second-order valence-corrected chi connectivity index (χ2v) is 2.70. The van der Waals surface area contributed by atoms with Crippen molar-refractivity contribution in [3.8, 4) is 0 Å². The van der Waals surface area contributed by atoms with Crippen LogP contribution < -0.4 is 5.32 Å². The molecule has 0 aliphatic rings. The van der Waals surface area contributed by atoms with E-state index >= 15 is 0 Å². The monoisotopic (exact) mass is 165 g/mol. The summed E-state index contributed by atoms with van der Waals surface area (Å²) in [4.78, 5) is 11.1. The molecule has 0 aromatic carbocycles. The molecule has 0 aliphatic heterocycles. The lowest BCUT2D eigenvalue weighted by Crippen LogP contribution is -2.07. The molecule has 0 atom stereocenters. The molecule has 64 valence electrons. The predicted octanol–water partition coefficient (Wildman–Crippen LogP) is 1.31. The van der Waals surface area contributed by atoms with Crippen molar-refractivity contribution < 1.29 is 4.79 Å². The van der Waals surface area contributed by atoms with Crippen molar-refractivity contribution in [2.45, 2.75) is 13.8 Å². The first kappa shape index (κ1) is 8.52. The van der Waals surface area contributed by atoms with Crippen LogP contribution in [0.15, 0.2) is 24.0 Å². The van der Waals surface area contributed by atoms with Crippen LogP contribution in [-0.4, -0.2) is 16.1 Å². The number of hydrogen-bond donors (Lipinski definition) is 2. The SMILES string of the molecule is CC(C)=CC(=O)Nc1cn[nH]c1. The third kappa shape index (κ3) is 2.57. The first-order valence-corrected chi connectivity index (χ1v) is 3.63. The summed E-state index contributed by atoms with van der Waals surface area (Å²) in [5.74, 6) is -0.128. The highest BCUT2D eigenvalue weighted by molar-refractivity contribution is 5.99. The van der Waals surface area contributed by atoms with Crippen LogP contribution in [0.25, 0.3) is 0 Å². The normalized spacial score (nSPS) is 9.17. The largest absolute Gasteiger partial charge is 0.320 e. The topological polar surface area (TPSA) is 57.8 Å². The van der Waals surface area contributed by atoms with Crippen LogP contribution in [0.4, 0.5) is 5.69 Å². The van der Waals surface area contributed by atoms with Gasteiger partial charge in [-0.25, -0.2) is 0 Å². The summed E-state index contributed by atoms with van der Waals surface area (Å²) in [6.45, 7) is 3.74. The number of H-pyrrole nitrogens is 1. The average Bonchev–Trinajstić information content (AvgIpc) is 2.37. The number of amides is 1. The highest BCUT2D eigenvalue weighted by Gasteiger charge is 1.97. The number of rotatable bonds is 2. The summed E-state index contributed by atoms with van der Waals surface area (Å²) in [5, 5.41) is 8.94. The highest BCUT2D eigenvalue weighted by Crippen LogP contribution is 2.01. The van der Waals surface area contributed by atoms with Crippen LogP contribution in [-0.2, 0) is 4.79 Å². The van der Waals surface area contributed by atoms with Crippen LogP contribution >= 0.6 is 0 Å². The second kappa shape index (κ2) is 3.71. The third-order valence-corrected chi connectivity index (χ3v) is 1.19. The maximum atomic E-state index is 11.1. The van der Waals surface area contributed by atoms with Gasteiger partial charge in [0, 0.05) is 12.3 Å². The smallest absolute Gasteiger partial charge is 0.248 e. The molecular weight excluding hydrogens is 154 g/mol. The minimum atomic E-state index is -0.128. The molecule has 2 N–H and O–H groups in total. The van der Waals surface area contributed by atoms with Gasteiger partial charge in [-0.2, -0.15) is 5.10 Å². The highest BCUT2D eigenvalue weighted by atomic mass is 16.1. The van der Waals surface area contributed by atoms with E-state index in [1.807, 2.05) is 13.8 Å². The van der Waals surface area contributed by atoms with Crippen molar-refractivity contribution in [1.82, 2.24) is 10.2 Å². The van der Waals surface area contributed by atoms with Crippen molar-refractivity contribution in [3.05, 3.63) is 24.0 Å². The van der Waals surface area contributed by atoms with Crippen molar-refractivity contribution in [3.63, 3.8) is 0 Å². The first-order valence-electron chi connectivity index (χ1n) is 3.63. The van der Waals surface area contributed by atoms with Crippen molar-refractivity contribution in [1.29, 1.82) is 0 Å². The predicted molar refractivity (Wildman–Crippen MR) is 46.6 cm³/mol. The molecule has 0 spiro atoms. The van der Waals surface area contributed by atoms with Gasteiger partial charge in [-0.05, 0) is 13.8 Å². The first-order chi connectivity index (χ1) is 5.68. The maximum Gasteiger partial charge on any atom is 0.248 e. The van der Waals surface area contributed by atoms with Crippen LogP contribution in [0.5, 0.6) is 0 Å². The van der Waals surface area contributed by atoms with E-state index in [9.17, 15) is 4.79 Å². The van der Waals surface area contributed by atoms with Gasteiger partial charge in [0.2, 0.25) is 5.91 Å². The van der Waals surface area contributed by atoms with E-state index in [1.54, 1.807) is 12.4 Å². The second-order valence-electron chi connectivity index (χ2n) is 2.70. The molecule has 0 saturated heterocycles. The Balaban J connectivity index is 2.54. The van der Waals surface area contributed by atoms with E-state index in [2.05, 4.69) is 15.5 Å². The molecule has 1 aromatic heterocycles. The number of hydrogen-bond acceptors (Lipinski definition) is 2. The van der Waals surface area contributed by atoms with Crippen molar-refractivity contribution in [2.75, 3.05) is 5.32 Å². The number of carbonyl (C=O) groups is 1. The number of nitrogens with zero attached hydrogens (tertiary/aromatic N) is 1.